The van der Waals surface area contributed by atoms with Gasteiger partial charge in [-0.3, -0.25) is 9.59 Å². The highest BCUT2D eigenvalue weighted by Crippen LogP contribution is 2.00. The molecule has 0 spiro atoms. The van der Waals surface area contributed by atoms with Gasteiger partial charge in [0.15, 0.2) is 0 Å². The molecule has 0 saturated heterocycles. The molecule has 0 saturated carbocycles. The van der Waals surface area contributed by atoms with E-state index in [1.54, 1.807) is 6.92 Å². The number of amides is 2. The number of nitrogens with one attached hydrogen (secondary N) is 1. The Hall–Kier alpha value is -2.32. The Balaban J connectivity index is 4.86. The van der Waals surface area contributed by atoms with E-state index in [1.807, 2.05) is 0 Å². The molecule has 0 radical (unpaired) electrons. The predicted octanol–water partition coefficient (Wildman–Crippen LogP) is -0.403. The van der Waals surface area contributed by atoms with Crippen LogP contribution < -0.4 is 5.32 Å². The summed E-state index contributed by atoms with van der Waals surface area (Å²) in [4.78, 5) is 46.2. The van der Waals surface area contributed by atoms with Gasteiger partial charge >= 0.3 is 23.9 Å². The summed E-state index contributed by atoms with van der Waals surface area (Å²) in [6.07, 6.45) is 0.774. The smallest absolute Gasteiger partial charge is 0.326 e. The normalized spacial score (nSPS) is 11.2. The number of methoxy groups -OCH3 is 2. The summed E-state index contributed by atoms with van der Waals surface area (Å²) >= 11 is 0. The van der Waals surface area contributed by atoms with Gasteiger partial charge in [-0.2, -0.15) is 0 Å². The third-order valence-corrected chi connectivity index (χ3v) is 2.56. The largest absolute Gasteiger partial charge is 0.480 e. The molecule has 2 amide bonds. The number of carbonyl (C=O) groups excluding carboxylic acids is 3. The average Bonchev–Trinajstić information content (AvgIpc) is 2.45. The quantitative estimate of drug-likeness (QED) is 0.585. The lowest BCUT2D eigenvalue weighted by Gasteiger charge is -2.23. The Morgan fingerprint density at radius 2 is 1.57 bits per heavy atom. The third kappa shape index (κ3) is 7.14. The molecule has 0 aliphatic heterocycles. The molecule has 0 aromatic carbocycles. The molecule has 0 bridgehead atoms. The maximum absolute atomic E-state index is 12.0. The molecule has 1 atom stereocenters. The summed E-state index contributed by atoms with van der Waals surface area (Å²) in [6.45, 7) is 0.786. The zero-order valence-electron chi connectivity index (χ0n) is 12.2. The van der Waals surface area contributed by atoms with Gasteiger partial charge in [0, 0.05) is 0 Å². The number of carboxylic acid groups (broad SMARTS) is 1. The van der Waals surface area contributed by atoms with Crippen LogP contribution in [0.2, 0.25) is 0 Å². The molecule has 21 heavy (non-hydrogen) atoms. The zero-order chi connectivity index (χ0) is 16.4. The lowest BCUT2D eigenvalue weighted by molar-refractivity contribution is -0.144. The fraction of sp³-hybridized carbons (Fsp3) is 0.667. The van der Waals surface area contributed by atoms with E-state index in [2.05, 4.69) is 14.8 Å². The molecule has 0 heterocycles. The number of hydrogen-bond acceptors (Lipinski definition) is 6. The van der Waals surface area contributed by atoms with Gasteiger partial charge in [0.25, 0.3) is 0 Å². The van der Waals surface area contributed by atoms with Crippen molar-refractivity contribution in [2.75, 3.05) is 27.3 Å². The Bertz CT molecular complexity index is 379. The number of nitrogens with zero attached hydrogens (tertiary/aromatic N) is 1. The summed E-state index contributed by atoms with van der Waals surface area (Å²) in [5.74, 6) is -2.67. The van der Waals surface area contributed by atoms with Gasteiger partial charge in [-0.1, -0.05) is 13.3 Å². The van der Waals surface area contributed by atoms with Gasteiger partial charge in [-0.15, -0.1) is 0 Å². The number of urea groups is 1. The van der Waals surface area contributed by atoms with Crippen molar-refractivity contribution in [3.05, 3.63) is 0 Å². The number of ether oxygens (including phenoxy) is 2. The van der Waals surface area contributed by atoms with Crippen LogP contribution in [0.1, 0.15) is 19.8 Å². The Labute approximate surface area is 122 Å². The van der Waals surface area contributed by atoms with Crippen LogP contribution in [-0.2, 0) is 23.9 Å². The molecule has 120 valence electrons. The average molecular weight is 304 g/mol. The summed E-state index contributed by atoms with van der Waals surface area (Å²) in [5, 5.41) is 11.2. The Morgan fingerprint density at radius 1 is 1.10 bits per heavy atom. The molecule has 0 aromatic rings. The second-order valence-electron chi connectivity index (χ2n) is 4.14. The van der Waals surface area contributed by atoms with Crippen LogP contribution in [0.15, 0.2) is 0 Å². The first-order valence-electron chi connectivity index (χ1n) is 6.27. The number of esters is 2. The summed E-state index contributed by atoms with van der Waals surface area (Å²) in [7, 11) is 2.27. The number of carboxylic acids is 1. The van der Waals surface area contributed by atoms with E-state index in [9.17, 15) is 19.2 Å². The molecule has 0 unspecified atom stereocenters. The number of aliphatic carboxylic acids is 1. The van der Waals surface area contributed by atoms with Crippen LogP contribution in [0, 0.1) is 0 Å². The molecule has 0 aromatic heterocycles. The van der Waals surface area contributed by atoms with Crippen LogP contribution in [0.5, 0.6) is 0 Å². The first-order valence-corrected chi connectivity index (χ1v) is 6.27. The highest BCUT2D eigenvalue weighted by Gasteiger charge is 2.25. The van der Waals surface area contributed by atoms with Crippen molar-refractivity contribution in [1.29, 1.82) is 0 Å². The molecule has 9 nitrogen and oxygen atoms in total. The standard InChI is InChI=1S/C12H20N2O7/c1-4-5-8(11(17)18)13-12(19)14(6-9(15)20-2)7-10(16)21-3/h8H,4-7H2,1-3H3,(H,13,19)(H,17,18)/t8-/m0/s1. The molecule has 0 aliphatic carbocycles. The van der Waals surface area contributed by atoms with Gasteiger partial charge in [0.2, 0.25) is 0 Å². The van der Waals surface area contributed by atoms with Gasteiger partial charge in [0.05, 0.1) is 14.2 Å². The monoisotopic (exact) mass is 304 g/mol. The first kappa shape index (κ1) is 18.7. The number of carbonyl (C=O) groups is 4. The van der Waals surface area contributed by atoms with Crippen LogP contribution in [0.25, 0.3) is 0 Å². The molecular weight excluding hydrogens is 284 g/mol. The highest BCUT2D eigenvalue weighted by atomic mass is 16.5. The molecule has 9 heteroatoms. The third-order valence-electron chi connectivity index (χ3n) is 2.56. The van der Waals surface area contributed by atoms with E-state index < -0.39 is 43.1 Å². The van der Waals surface area contributed by atoms with Crippen molar-refractivity contribution in [2.45, 2.75) is 25.8 Å². The first-order chi connectivity index (χ1) is 9.85. The van der Waals surface area contributed by atoms with E-state index in [4.69, 9.17) is 5.11 Å². The second kappa shape index (κ2) is 9.56. The SMILES string of the molecule is CCC[C@H](NC(=O)N(CC(=O)OC)CC(=O)OC)C(=O)O. The van der Waals surface area contributed by atoms with Gasteiger partial charge in [-0.05, 0) is 6.42 Å². The lowest BCUT2D eigenvalue weighted by Crippen LogP contribution is -2.51. The molecule has 0 rings (SSSR count). The van der Waals surface area contributed by atoms with E-state index in [0.717, 1.165) is 19.1 Å². The predicted molar refractivity (Wildman–Crippen MR) is 70.5 cm³/mol. The van der Waals surface area contributed by atoms with Crippen LogP contribution >= 0.6 is 0 Å². The zero-order valence-corrected chi connectivity index (χ0v) is 12.2. The van der Waals surface area contributed by atoms with Crippen molar-refractivity contribution in [2.24, 2.45) is 0 Å². The van der Waals surface area contributed by atoms with Gasteiger partial charge in [-0.25, -0.2) is 9.59 Å². The Morgan fingerprint density at radius 3 is 1.90 bits per heavy atom. The van der Waals surface area contributed by atoms with Gasteiger partial charge in [0.1, 0.15) is 19.1 Å². The summed E-state index contributed by atoms with van der Waals surface area (Å²) < 4.78 is 8.83. The van der Waals surface area contributed by atoms with Crippen molar-refractivity contribution in [1.82, 2.24) is 10.2 Å². The summed E-state index contributed by atoms with van der Waals surface area (Å²) in [6, 6.07) is -1.95. The molecule has 2 N–H and O–H groups in total. The van der Waals surface area contributed by atoms with Crippen molar-refractivity contribution >= 4 is 23.9 Å². The van der Waals surface area contributed by atoms with E-state index >= 15 is 0 Å². The summed E-state index contributed by atoms with van der Waals surface area (Å²) in [5.41, 5.74) is 0. The van der Waals surface area contributed by atoms with Crippen molar-refractivity contribution in [3.63, 3.8) is 0 Å². The minimum atomic E-state index is -1.19. The van der Waals surface area contributed by atoms with Crippen LogP contribution in [0.3, 0.4) is 0 Å². The van der Waals surface area contributed by atoms with E-state index in [-0.39, 0.29) is 6.42 Å². The van der Waals surface area contributed by atoms with Crippen molar-refractivity contribution < 1.29 is 33.8 Å². The topological polar surface area (TPSA) is 122 Å². The molecule has 0 fully saturated rings. The lowest BCUT2D eigenvalue weighted by atomic mass is 10.2. The number of rotatable bonds is 8. The maximum Gasteiger partial charge on any atom is 0.326 e. The highest BCUT2D eigenvalue weighted by molar-refractivity contribution is 5.87. The van der Waals surface area contributed by atoms with E-state index in [1.165, 1.54) is 0 Å². The fourth-order valence-corrected chi connectivity index (χ4v) is 1.43. The second-order valence-corrected chi connectivity index (χ2v) is 4.14. The van der Waals surface area contributed by atoms with Gasteiger partial charge < -0.3 is 24.8 Å². The number of hydrogen-bond donors (Lipinski definition) is 2. The Kier molecular flexibility index (Phi) is 8.51. The minimum absolute atomic E-state index is 0.228. The van der Waals surface area contributed by atoms with E-state index in [0.29, 0.717) is 6.42 Å². The van der Waals surface area contributed by atoms with Crippen LogP contribution in [-0.4, -0.2) is 67.3 Å². The minimum Gasteiger partial charge on any atom is -0.480 e. The molecule has 0 aliphatic rings. The van der Waals surface area contributed by atoms with Crippen molar-refractivity contribution in [3.8, 4) is 0 Å². The maximum atomic E-state index is 12.0. The molecular formula is C12H20N2O7. The fourth-order valence-electron chi connectivity index (χ4n) is 1.43. The van der Waals surface area contributed by atoms with Crippen LogP contribution in [0.4, 0.5) is 4.79 Å².